The molecule has 86 valence electrons. The first-order valence-electron chi connectivity index (χ1n) is 5.74. The number of rotatable bonds is 2. The molecule has 0 aliphatic heterocycles. The molecule has 0 bridgehead atoms. The van der Waals surface area contributed by atoms with Crippen molar-refractivity contribution in [2.75, 3.05) is 5.73 Å². The van der Waals surface area contributed by atoms with Gasteiger partial charge in [0.1, 0.15) is 0 Å². The maximum atomic E-state index is 5.99. The van der Waals surface area contributed by atoms with Crippen LogP contribution in [0.4, 0.5) is 5.95 Å². The number of nitrogen functional groups attached to an aromatic ring is 1. The third-order valence-corrected chi connectivity index (χ3v) is 3.24. The highest BCUT2D eigenvalue weighted by molar-refractivity contribution is 5.79. The maximum Gasteiger partial charge on any atom is 0.201 e. The molecule has 2 N–H and O–H groups in total. The van der Waals surface area contributed by atoms with Gasteiger partial charge >= 0.3 is 0 Å². The molecule has 0 saturated heterocycles. The lowest BCUT2D eigenvalue weighted by atomic mass is 10.1. The summed E-state index contributed by atoms with van der Waals surface area (Å²) in [4.78, 5) is 4.42. The van der Waals surface area contributed by atoms with E-state index in [4.69, 9.17) is 5.73 Å². The minimum atomic E-state index is 0.368. The van der Waals surface area contributed by atoms with Gasteiger partial charge in [0.2, 0.25) is 5.95 Å². The fourth-order valence-electron chi connectivity index (χ4n) is 1.95. The van der Waals surface area contributed by atoms with Crippen molar-refractivity contribution in [1.29, 1.82) is 0 Å². The maximum absolute atomic E-state index is 5.99. The average Bonchev–Trinajstić information content (AvgIpc) is 2.51. The van der Waals surface area contributed by atoms with E-state index in [0.717, 1.165) is 11.0 Å². The quantitative estimate of drug-likeness (QED) is 0.839. The zero-order valence-electron chi connectivity index (χ0n) is 10.4. The molecule has 1 heterocycles. The van der Waals surface area contributed by atoms with Gasteiger partial charge in [0.25, 0.3) is 0 Å². The second-order valence-corrected chi connectivity index (χ2v) is 4.82. The van der Waals surface area contributed by atoms with Gasteiger partial charge in [0, 0.05) is 6.04 Å². The zero-order chi connectivity index (χ0) is 11.9. The SMILES string of the molecule is Cc1ccc2c(c1)nc(N)n2C(C)C(C)C. The molecule has 2 aromatic rings. The minimum Gasteiger partial charge on any atom is -0.369 e. The molecule has 1 atom stereocenters. The molecule has 1 unspecified atom stereocenters. The second-order valence-electron chi connectivity index (χ2n) is 4.82. The van der Waals surface area contributed by atoms with Crippen LogP contribution in [0.25, 0.3) is 11.0 Å². The van der Waals surface area contributed by atoms with E-state index in [-0.39, 0.29) is 0 Å². The molecule has 2 rings (SSSR count). The second kappa shape index (κ2) is 3.81. The molecule has 1 aromatic carbocycles. The van der Waals surface area contributed by atoms with Crippen molar-refractivity contribution >= 4 is 17.0 Å². The molecular formula is C13H19N3. The minimum absolute atomic E-state index is 0.368. The number of nitrogens with zero attached hydrogens (tertiary/aromatic N) is 2. The molecular weight excluding hydrogens is 198 g/mol. The molecule has 0 radical (unpaired) electrons. The number of anilines is 1. The van der Waals surface area contributed by atoms with Crippen LogP contribution >= 0.6 is 0 Å². The summed E-state index contributed by atoms with van der Waals surface area (Å²) >= 11 is 0. The number of aromatic nitrogens is 2. The Hall–Kier alpha value is -1.51. The number of fused-ring (bicyclic) bond motifs is 1. The van der Waals surface area contributed by atoms with E-state index < -0.39 is 0 Å². The van der Waals surface area contributed by atoms with Crippen molar-refractivity contribution < 1.29 is 0 Å². The van der Waals surface area contributed by atoms with Crippen LogP contribution in [0.3, 0.4) is 0 Å². The topological polar surface area (TPSA) is 43.8 Å². The highest BCUT2D eigenvalue weighted by Crippen LogP contribution is 2.27. The molecule has 16 heavy (non-hydrogen) atoms. The van der Waals surface area contributed by atoms with Gasteiger partial charge in [0.15, 0.2) is 0 Å². The Morgan fingerprint density at radius 1 is 1.25 bits per heavy atom. The van der Waals surface area contributed by atoms with E-state index in [1.54, 1.807) is 0 Å². The van der Waals surface area contributed by atoms with Crippen LogP contribution in [0.5, 0.6) is 0 Å². The predicted octanol–water partition coefficient (Wildman–Crippen LogP) is 3.14. The first-order valence-corrected chi connectivity index (χ1v) is 5.74. The molecule has 0 aliphatic carbocycles. The highest BCUT2D eigenvalue weighted by atomic mass is 15.2. The van der Waals surface area contributed by atoms with Crippen molar-refractivity contribution in [2.45, 2.75) is 33.7 Å². The smallest absolute Gasteiger partial charge is 0.201 e. The zero-order valence-corrected chi connectivity index (χ0v) is 10.4. The summed E-state index contributed by atoms with van der Waals surface area (Å²) in [6.45, 7) is 8.65. The van der Waals surface area contributed by atoms with Gasteiger partial charge in [0.05, 0.1) is 11.0 Å². The molecule has 0 amide bonds. The summed E-state index contributed by atoms with van der Waals surface area (Å²) < 4.78 is 2.12. The van der Waals surface area contributed by atoms with Crippen molar-refractivity contribution in [2.24, 2.45) is 5.92 Å². The van der Waals surface area contributed by atoms with Crippen molar-refractivity contribution in [1.82, 2.24) is 9.55 Å². The standard InChI is InChI=1S/C13H19N3/c1-8(2)10(4)16-12-6-5-9(3)7-11(12)15-13(16)14/h5-8,10H,1-4H3,(H2,14,15). The molecule has 3 heteroatoms. The van der Waals surface area contributed by atoms with Gasteiger partial charge in [-0.2, -0.15) is 0 Å². The Morgan fingerprint density at radius 3 is 2.56 bits per heavy atom. The van der Waals surface area contributed by atoms with E-state index in [0.29, 0.717) is 17.9 Å². The Labute approximate surface area is 96.3 Å². The van der Waals surface area contributed by atoms with Crippen LogP contribution in [-0.4, -0.2) is 9.55 Å². The lowest BCUT2D eigenvalue weighted by Gasteiger charge is -2.19. The fourth-order valence-corrected chi connectivity index (χ4v) is 1.95. The van der Waals surface area contributed by atoms with E-state index in [9.17, 15) is 0 Å². The molecule has 3 nitrogen and oxygen atoms in total. The fraction of sp³-hybridized carbons (Fsp3) is 0.462. The summed E-state index contributed by atoms with van der Waals surface area (Å²) in [7, 11) is 0. The third-order valence-electron chi connectivity index (χ3n) is 3.24. The van der Waals surface area contributed by atoms with E-state index in [1.165, 1.54) is 5.56 Å². The normalized spacial score (nSPS) is 13.6. The average molecular weight is 217 g/mol. The van der Waals surface area contributed by atoms with E-state index in [2.05, 4.69) is 55.4 Å². The van der Waals surface area contributed by atoms with Gasteiger partial charge in [-0.15, -0.1) is 0 Å². The monoisotopic (exact) mass is 217 g/mol. The van der Waals surface area contributed by atoms with Crippen molar-refractivity contribution in [3.63, 3.8) is 0 Å². The lowest BCUT2D eigenvalue weighted by Crippen LogP contribution is -2.13. The molecule has 1 aromatic heterocycles. The first-order chi connectivity index (χ1) is 7.50. The van der Waals surface area contributed by atoms with Gasteiger partial charge in [-0.05, 0) is 37.5 Å². The van der Waals surface area contributed by atoms with Gasteiger partial charge < -0.3 is 10.3 Å². The summed E-state index contributed by atoms with van der Waals surface area (Å²) in [6.07, 6.45) is 0. The van der Waals surface area contributed by atoms with Crippen LogP contribution < -0.4 is 5.73 Å². The molecule has 0 fully saturated rings. The molecule has 0 spiro atoms. The Balaban J connectivity index is 2.65. The van der Waals surface area contributed by atoms with Gasteiger partial charge in [-0.1, -0.05) is 19.9 Å². The lowest BCUT2D eigenvalue weighted by molar-refractivity contribution is 0.421. The summed E-state index contributed by atoms with van der Waals surface area (Å²) in [5, 5.41) is 0. The Bertz CT molecular complexity index is 511. The largest absolute Gasteiger partial charge is 0.369 e. The van der Waals surface area contributed by atoms with Crippen LogP contribution in [0.15, 0.2) is 18.2 Å². The van der Waals surface area contributed by atoms with E-state index in [1.807, 2.05) is 0 Å². The third kappa shape index (κ3) is 1.66. The van der Waals surface area contributed by atoms with Crippen LogP contribution in [-0.2, 0) is 0 Å². The number of hydrogen-bond acceptors (Lipinski definition) is 2. The molecule has 0 saturated carbocycles. The van der Waals surface area contributed by atoms with E-state index >= 15 is 0 Å². The Morgan fingerprint density at radius 2 is 1.94 bits per heavy atom. The number of hydrogen-bond donors (Lipinski definition) is 1. The molecule has 0 aliphatic rings. The van der Waals surface area contributed by atoms with Crippen LogP contribution in [0.1, 0.15) is 32.4 Å². The first kappa shape index (κ1) is 11.0. The van der Waals surface area contributed by atoms with Gasteiger partial charge in [-0.3, -0.25) is 0 Å². The summed E-state index contributed by atoms with van der Waals surface area (Å²) in [5.41, 5.74) is 9.33. The Kier molecular flexibility index (Phi) is 2.62. The number of benzene rings is 1. The van der Waals surface area contributed by atoms with Crippen molar-refractivity contribution in [3.8, 4) is 0 Å². The number of aryl methyl sites for hydroxylation is 1. The van der Waals surface area contributed by atoms with Crippen LogP contribution in [0, 0.1) is 12.8 Å². The highest BCUT2D eigenvalue weighted by Gasteiger charge is 2.16. The summed E-state index contributed by atoms with van der Waals surface area (Å²) in [5.74, 6) is 1.16. The number of imidazole rings is 1. The van der Waals surface area contributed by atoms with Gasteiger partial charge in [-0.25, -0.2) is 4.98 Å². The predicted molar refractivity (Wildman–Crippen MR) is 68.4 cm³/mol. The van der Waals surface area contributed by atoms with Crippen molar-refractivity contribution in [3.05, 3.63) is 23.8 Å². The summed E-state index contributed by atoms with van der Waals surface area (Å²) in [6, 6.07) is 6.66. The van der Waals surface area contributed by atoms with Crippen LogP contribution in [0.2, 0.25) is 0 Å². The number of nitrogens with two attached hydrogens (primary N) is 1.